The van der Waals surface area contributed by atoms with E-state index >= 15 is 0 Å². The zero-order valence-electron chi connectivity index (χ0n) is 8.61. The van der Waals surface area contributed by atoms with Gasteiger partial charge in [0.15, 0.2) is 5.13 Å². The largest absolute Gasteiger partial charge is 0.357 e. The standard InChI is InChI=1S/C11H12FN3S/c12-9-3-1-8(2-4-9)6-14-11-15-7-10(5-13)16-11/h1-4,7H,5-6,13H2,(H,14,15). The number of nitrogens with zero attached hydrogens (tertiary/aromatic N) is 1. The molecule has 2 aromatic rings. The Labute approximate surface area is 97.1 Å². The molecule has 0 aliphatic carbocycles. The van der Waals surface area contributed by atoms with Crippen molar-refractivity contribution in [1.29, 1.82) is 0 Å². The number of hydrogen-bond acceptors (Lipinski definition) is 4. The number of benzene rings is 1. The van der Waals surface area contributed by atoms with Gasteiger partial charge < -0.3 is 11.1 Å². The molecule has 0 fully saturated rings. The SMILES string of the molecule is NCc1cnc(NCc2ccc(F)cc2)s1. The first-order chi connectivity index (χ1) is 7.78. The molecule has 1 aromatic carbocycles. The van der Waals surface area contributed by atoms with Gasteiger partial charge in [-0.05, 0) is 17.7 Å². The van der Waals surface area contributed by atoms with E-state index in [1.165, 1.54) is 23.5 Å². The minimum Gasteiger partial charge on any atom is -0.357 e. The molecule has 0 saturated heterocycles. The van der Waals surface area contributed by atoms with Gasteiger partial charge in [-0.2, -0.15) is 0 Å². The van der Waals surface area contributed by atoms with Gasteiger partial charge in [0.05, 0.1) is 0 Å². The highest BCUT2D eigenvalue weighted by molar-refractivity contribution is 7.15. The molecule has 1 aromatic heterocycles. The molecule has 16 heavy (non-hydrogen) atoms. The first kappa shape index (κ1) is 11.0. The van der Waals surface area contributed by atoms with Crippen LogP contribution in [0.25, 0.3) is 0 Å². The summed E-state index contributed by atoms with van der Waals surface area (Å²) in [6, 6.07) is 6.40. The highest BCUT2D eigenvalue weighted by Gasteiger charge is 2.00. The van der Waals surface area contributed by atoms with Crippen molar-refractivity contribution in [2.75, 3.05) is 5.32 Å². The second-order valence-electron chi connectivity index (χ2n) is 3.32. The molecule has 3 N–H and O–H groups in total. The molecular weight excluding hydrogens is 225 g/mol. The van der Waals surface area contributed by atoms with E-state index in [9.17, 15) is 4.39 Å². The Morgan fingerprint density at radius 1 is 1.31 bits per heavy atom. The number of rotatable bonds is 4. The second kappa shape index (κ2) is 5.05. The van der Waals surface area contributed by atoms with Gasteiger partial charge in [0, 0.05) is 24.2 Å². The molecule has 0 bridgehead atoms. The fraction of sp³-hybridized carbons (Fsp3) is 0.182. The van der Waals surface area contributed by atoms with Crippen LogP contribution in [0.5, 0.6) is 0 Å². The first-order valence-corrected chi connectivity index (χ1v) is 5.72. The molecule has 5 heteroatoms. The minimum atomic E-state index is -0.219. The van der Waals surface area contributed by atoms with Gasteiger partial charge in [-0.25, -0.2) is 9.37 Å². The van der Waals surface area contributed by atoms with Crippen LogP contribution in [-0.2, 0) is 13.1 Å². The molecule has 0 spiro atoms. The molecule has 0 unspecified atom stereocenters. The van der Waals surface area contributed by atoms with Gasteiger partial charge in [0.2, 0.25) is 0 Å². The first-order valence-electron chi connectivity index (χ1n) is 4.91. The lowest BCUT2D eigenvalue weighted by molar-refractivity contribution is 0.627. The summed E-state index contributed by atoms with van der Waals surface area (Å²) < 4.78 is 12.7. The number of hydrogen-bond donors (Lipinski definition) is 2. The third-order valence-corrected chi connectivity index (χ3v) is 3.09. The van der Waals surface area contributed by atoms with Crippen LogP contribution in [0.1, 0.15) is 10.4 Å². The Morgan fingerprint density at radius 3 is 2.69 bits per heavy atom. The summed E-state index contributed by atoms with van der Waals surface area (Å²) in [6.45, 7) is 1.15. The van der Waals surface area contributed by atoms with Gasteiger partial charge in [-0.1, -0.05) is 12.1 Å². The Kier molecular flexibility index (Phi) is 3.48. The lowest BCUT2D eigenvalue weighted by Crippen LogP contribution is -1.98. The van der Waals surface area contributed by atoms with Crippen LogP contribution in [0.3, 0.4) is 0 Å². The van der Waals surface area contributed by atoms with E-state index in [-0.39, 0.29) is 5.82 Å². The molecule has 1 heterocycles. The fourth-order valence-electron chi connectivity index (χ4n) is 1.26. The number of halogens is 1. The number of nitrogens with two attached hydrogens (primary N) is 1. The van der Waals surface area contributed by atoms with Gasteiger partial charge in [0.25, 0.3) is 0 Å². The van der Waals surface area contributed by atoms with Crippen LogP contribution in [-0.4, -0.2) is 4.98 Å². The van der Waals surface area contributed by atoms with Crippen molar-refractivity contribution < 1.29 is 4.39 Å². The number of aromatic nitrogens is 1. The number of thiazole rings is 1. The number of anilines is 1. The van der Waals surface area contributed by atoms with Gasteiger partial charge in [0.1, 0.15) is 5.82 Å². The summed E-state index contributed by atoms with van der Waals surface area (Å²) in [6.07, 6.45) is 1.76. The molecular formula is C11H12FN3S. The second-order valence-corrected chi connectivity index (χ2v) is 4.43. The van der Waals surface area contributed by atoms with Crippen molar-refractivity contribution in [3.63, 3.8) is 0 Å². The zero-order valence-corrected chi connectivity index (χ0v) is 9.43. The van der Waals surface area contributed by atoms with Crippen LogP contribution >= 0.6 is 11.3 Å². The molecule has 0 atom stereocenters. The van der Waals surface area contributed by atoms with Crippen molar-refractivity contribution in [1.82, 2.24) is 4.98 Å². The van der Waals surface area contributed by atoms with Gasteiger partial charge >= 0.3 is 0 Å². The maximum absolute atomic E-state index is 12.7. The number of nitrogens with one attached hydrogen (secondary N) is 1. The van der Waals surface area contributed by atoms with E-state index < -0.39 is 0 Å². The van der Waals surface area contributed by atoms with Crippen LogP contribution in [0.2, 0.25) is 0 Å². The normalized spacial score (nSPS) is 10.4. The Hall–Kier alpha value is -1.46. The van der Waals surface area contributed by atoms with Crippen molar-refractivity contribution in [2.24, 2.45) is 5.73 Å². The van der Waals surface area contributed by atoms with Crippen LogP contribution in [0.4, 0.5) is 9.52 Å². The topological polar surface area (TPSA) is 50.9 Å². The Balaban J connectivity index is 1.94. The Bertz CT molecular complexity index is 453. The summed E-state index contributed by atoms with van der Waals surface area (Å²) in [5, 5.41) is 4.00. The molecule has 0 amide bonds. The Morgan fingerprint density at radius 2 is 2.06 bits per heavy atom. The predicted molar refractivity (Wildman–Crippen MR) is 63.7 cm³/mol. The molecule has 84 valence electrons. The molecule has 3 nitrogen and oxygen atoms in total. The lowest BCUT2D eigenvalue weighted by atomic mass is 10.2. The maximum atomic E-state index is 12.7. The van der Waals surface area contributed by atoms with Crippen molar-refractivity contribution >= 4 is 16.5 Å². The van der Waals surface area contributed by atoms with Gasteiger partial charge in [-0.15, -0.1) is 11.3 Å². The average Bonchev–Trinajstić information content (AvgIpc) is 2.76. The summed E-state index contributed by atoms with van der Waals surface area (Å²) in [4.78, 5) is 5.22. The monoisotopic (exact) mass is 237 g/mol. The van der Waals surface area contributed by atoms with E-state index in [0.717, 1.165) is 15.6 Å². The minimum absolute atomic E-state index is 0.219. The molecule has 0 radical (unpaired) electrons. The maximum Gasteiger partial charge on any atom is 0.183 e. The zero-order chi connectivity index (χ0) is 11.4. The van der Waals surface area contributed by atoms with Crippen molar-refractivity contribution in [3.8, 4) is 0 Å². The van der Waals surface area contributed by atoms with Crippen LogP contribution in [0, 0.1) is 5.82 Å². The molecule has 2 rings (SSSR count). The van der Waals surface area contributed by atoms with Gasteiger partial charge in [-0.3, -0.25) is 0 Å². The molecule has 0 aliphatic heterocycles. The van der Waals surface area contributed by atoms with E-state index in [4.69, 9.17) is 5.73 Å². The highest BCUT2D eigenvalue weighted by atomic mass is 32.1. The quantitative estimate of drug-likeness (QED) is 0.858. The van der Waals surface area contributed by atoms with E-state index in [1.807, 2.05) is 0 Å². The van der Waals surface area contributed by atoms with Crippen LogP contribution < -0.4 is 11.1 Å². The highest BCUT2D eigenvalue weighted by Crippen LogP contribution is 2.18. The molecule has 0 saturated carbocycles. The molecule has 0 aliphatic rings. The average molecular weight is 237 g/mol. The summed E-state index contributed by atoms with van der Waals surface area (Å²) in [5.74, 6) is -0.219. The predicted octanol–water partition coefficient (Wildman–Crippen LogP) is 2.35. The fourth-order valence-corrected chi connectivity index (χ4v) is 1.95. The van der Waals surface area contributed by atoms with Crippen LogP contribution in [0.15, 0.2) is 30.5 Å². The summed E-state index contributed by atoms with van der Waals surface area (Å²) in [5.41, 5.74) is 6.51. The van der Waals surface area contributed by atoms with Crippen molar-refractivity contribution in [3.05, 3.63) is 46.7 Å². The van der Waals surface area contributed by atoms with E-state index in [0.29, 0.717) is 13.1 Å². The smallest absolute Gasteiger partial charge is 0.183 e. The third-order valence-electron chi connectivity index (χ3n) is 2.11. The van der Waals surface area contributed by atoms with Crippen molar-refractivity contribution in [2.45, 2.75) is 13.1 Å². The van der Waals surface area contributed by atoms with E-state index in [1.54, 1.807) is 18.3 Å². The van der Waals surface area contributed by atoms with E-state index in [2.05, 4.69) is 10.3 Å². The lowest BCUT2D eigenvalue weighted by Gasteiger charge is -2.02. The third kappa shape index (κ3) is 2.77. The summed E-state index contributed by atoms with van der Waals surface area (Å²) in [7, 11) is 0. The summed E-state index contributed by atoms with van der Waals surface area (Å²) >= 11 is 1.53.